The second kappa shape index (κ2) is 6.70. The Balaban J connectivity index is 1.31. The minimum Gasteiger partial charge on any atom is -0.345 e. The molecular formula is C24H25N5O2. The summed E-state index contributed by atoms with van der Waals surface area (Å²) >= 11 is 0. The minimum atomic E-state index is -0.223. The second-order valence-corrected chi connectivity index (χ2v) is 9.80. The molecule has 7 nitrogen and oxygen atoms in total. The Kier molecular flexibility index (Phi) is 4.04. The van der Waals surface area contributed by atoms with E-state index < -0.39 is 0 Å². The zero-order valence-electron chi connectivity index (χ0n) is 17.5. The van der Waals surface area contributed by atoms with Gasteiger partial charge in [-0.3, -0.25) is 14.8 Å². The van der Waals surface area contributed by atoms with Gasteiger partial charge in [0.1, 0.15) is 5.69 Å². The fraction of sp³-hybridized carbons (Fsp3) is 0.458. The number of rotatable bonds is 4. The van der Waals surface area contributed by atoms with E-state index in [-0.39, 0.29) is 16.9 Å². The third-order valence-electron chi connectivity index (χ3n) is 7.39. The van der Waals surface area contributed by atoms with Crippen LogP contribution in [0.2, 0.25) is 0 Å². The molecule has 31 heavy (non-hydrogen) atoms. The minimum absolute atomic E-state index is 0.0883. The number of carbonyl (C=O) groups excluding carboxylic acids is 1. The summed E-state index contributed by atoms with van der Waals surface area (Å²) in [5, 5.41) is 7.66. The molecule has 4 aliphatic carbocycles. The molecule has 0 aliphatic heterocycles. The summed E-state index contributed by atoms with van der Waals surface area (Å²) in [6.07, 6.45) is 9.68. The molecule has 0 radical (unpaired) electrons. The topological polar surface area (TPSA) is 93.8 Å². The molecule has 4 fully saturated rings. The van der Waals surface area contributed by atoms with Crippen LogP contribution in [0.4, 0.5) is 0 Å². The molecule has 3 heterocycles. The third-order valence-corrected chi connectivity index (χ3v) is 7.39. The summed E-state index contributed by atoms with van der Waals surface area (Å²) in [6.45, 7) is 1.96. The van der Waals surface area contributed by atoms with Crippen LogP contribution >= 0.6 is 0 Å². The summed E-state index contributed by atoms with van der Waals surface area (Å²) in [7, 11) is 0. The molecule has 1 N–H and O–H groups in total. The quantitative estimate of drug-likeness (QED) is 0.695. The van der Waals surface area contributed by atoms with Crippen LogP contribution < -0.4 is 5.32 Å². The van der Waals surface area contributed by atoms with Crippen LogP contribution in [0.25, 0.3) is 11.4 Å². The Hall–Kier alpha value is -3.09. The lowest BCUT2D eigenvalue weighted by molar-refractivity contribution is -0.0489. The van der Waals surface area contributed by atoms with Crippen molar-refractivity contribution in [3.05, 3.63) is 60.0 Å². The molecule has 0 saturated heterocycles. The molecule has 4 saturated carbocycles. The van der Waals surface area contributed by atoms with Crippen LogP contribution in [0.5, 0.6) is 0 Å². The van der Waals surface area contributed by atoms with Crippen molar-refractivity contribution in [3.63, 3.8) is 0 Å². The Morgan fingerprint density at radius 1 is 1.10 bits per heavy atom. The molecule has 4 aliphatic rings. The SMILES string of the molecule is Cc1ccc(-c2noc(C34CC5CC(CC(NC(=O)c6ccccn6)(C5)C3)C4)n2)cn1. The maximum atomic E-state index is 13.0. The Morgan fingerprint density at radius 3 is 2.65 bits per heavy atom. The molecule has 7 heteroatoms. The predicted molar refractivity (Wildman–Crippen MR) is 113 cm³/mol. The maximum absolute atomic E-state index is 13.0. The van der Waals surface area contributed by atoms with Crippen LogP contribution in [0.3, 0.4) is 0 Å². The van der Waals surface area contributed by atoms with Gasteiger partial charge in [-0.15, -0.1) is 0 Å². The standard InChI is InChI=1S/C24H25N5O2/c1-15-5-6-18(13-26-15)20-27-22(31-29-20)23-9-16-8-17(10-23)12-24(11-16,14-23)28-21(30)19-4-2-3-7-25-19/h2-7,13,16-17H,8-12,14H2,1H3,(H,28,30). The zero-order chi connectivity index (χ0) is 21.1. The smallest absolute Gasteiger partial charge is 0.270 e. The Labute approximate surface area is 180 Å². The molecule has 0 aromatic carbocycles. The number of nitrogens with zero attached hydrogens (tertiary/aromatic N) is 4. The highest BCUT2D eigenvalue weighted by Gasteiger charge is 2.61. The van der Waals surface area contributed by atoms with Gasteiger partial charge in [0.15, 0.2) is 0 Å². The van der Waals surface area contributed by atoms with Gasteiger partial charge in [-0.1, -0.05) is 11.2 Å². The number of aryl methyl sites for hydroxylation is 1. The summed E-state index contributed by atoms with van der Waals surface area (Å²) < 4.78 is 5.85. The fourth-order valence-electron chi connectivity index (χ4n) is 6.62. The van der Waals surface area contributed by atoms with Gasteiger partial charge in [0.2, 0.25) is 11.7 Å². The Morgan fingerprint density at radius 2 is 1.94 bits per heavy atom. The van der Waals surface area contributed by atoms with Gasteiger partial charge < -0.3 is 9.84 Å². The van der Waals surface area contributed by atoms with E-state index in [1.165, 1.54) is 6.42 Å². The summed E-state index contributed by atoms with van der Waals surface area (Å²) in [5.41, 5.74) is 1.91. The van der Waals surface area contributed by atoms with Crippen molar-refractivity contribution in [1.82, 2.24) is 25.4 Å². The first-order chi connectivity index (χ1) is 15.0. The molecule has 2 atom stereocenters. The zero-order valence-corrected chi connectivity index (χ0v) is 17.5. The Bertz CT molecular complexity index is 1110. The molecule has 1 amide bonds. The first kappa shape index (κ1) is 18.7. The van der Waals surface area contributed by atoms with Crippen molar-refractivity contribution in [3.8, 4) is 11.4 Å². The normalized spacial score (nSPS) is 31.0. The predicted octanol–water partition coefficient (Wildman–Crippen LogP) is 3.86. The average Bonchev–Trinajstić information content (AvgIpc) is 3.25. The van der Waals surface area contributed by atoms with Gasteiger partial charge in [-0.25, -0.2) is 0 Å². The van der Waals surface area contributed by atoms with Gasteiger partial charge in [0.25, 0.3) is 5.91 Å². The first-order valence-corrected chi connectivity index (χ1v) is 11.0. The molecular weight excluding hydrogens is 390 g/mol. The van der Waals surface area contributed by atoms with E-state index in [1.807, 2.05) is 31.2 Å². The monoisotopic (exact) mass is 415 g/mol. The van der Waals surface area contributed by atoms with Crippen molar-refractivity contribution < 1.29 is 9.32 Å². The van der Waals surface area contributed by atoms with Gasteiger partial charge in [0, 0.05) is 29.2 Å². The number of hydrogen-bond acceptors (Lipinski definition) is 6. The summed E-state index contributed by atoms with van der Waals surface area (Å²) in [4.78, 5) is 26.4. The van der Waals surface area contributed by atoms with E-state index in [4.69, 9.17) is 9.51 Å². The second-order valence-electron chi connectivity index (χ2n) is 9.80. The lowest BCUT2D eigenvalue weighted by Crippen LogP contribution is -2.64. The highest BCUT2D eigenvalue weighted by molar-refractivity contribution is 5.92. The largest absolute Gasteiger partial charge is 0.345 e. The highest BCUT2D eigenvalue weighted by Crippen LogP contribution is 2.62. The molecule has 3 aromatic heterocycles. The first-order valence-electron chi connectivity index (χ1n) is 11.0. The van der Waals surface area contributed by atoms with Crippen LogP contribution in [0.15, 0.2) is 47.2 Å². The van der Waals surface area contributed by atoms with Crippen molar-refractivity contribution in [2.75, 3.05) is 0 Å². The average molecular weight is 415 g/mol. The maximum Gasteiger partial charge on any atom is 0.270 e. The molecule has 7 rings (SSSR count). The van der Waals surface area contributed by atoms with E-state index in [9.17, 15) is 4.79 Å². The molecule has 3 aromatic rings. The van der Waals surface area contributed by atoms with Crippen LogP contribution in [-0.4, -0.2) is 31.6 Å². The lowest BCUT2D eigenvalue weighted by atomic mass is 9.46. The third kappa shape index (κ3) is 3.14. The van der Waals surface area contributed by atoms with Crippen LogP contribution in [0, 0.1) is 18.8 Å². The summed E-state index contributed by atoms with van der Waals surface area (Å²) in [5.74, 6) is 2.36. The number of amides is 1. The van der Waals surface area contributed by atoms with E-state index in [1.54, 1.807) is 18.5 Å². The van der Waals surface area contributed by atoms with Gasteiger partial charge >= 0.3 is 0 Å². The number of hydrogen-bond donors (Lipinski definition) is 1. The van der Waals surface area contributed by atoms with E-state index in [2.05, 4.69) is 20.4 Å². The molecule has 158 valence electrons. The van der Waals surface area contributed by atoms with Crippen LogP contribution in [0.1, 0.15) is 60.6 Å². The van der Waals surface area contributed by atoms with Crippen LogP contribution in [-0.2, 0) is 5.41 Å². The molecule has 4 bridgehead atoms. The van der Waals surface area contributed by atoms with Gasteiger partial charge in [0.05, 0.1) is 5.41 Å². The fourth-order valence-corrected chi connectivity index (χ4v) is 6.62. The van der Waals surface area contributed by atoms with Crippen molar-refractivity contribution in [2.24, 2.45) is 11.8 Å². The number of aromatic nitrogens is 4. The van der Waals surface area contributed by atoms with E-state index >= 15 is 0 Å². The van der Waals surface area contributed by atoms with Crippen molar-refractivity contribution >= 4 is 5.91 Å². The van der Waals surface area contributed by atoms with Gasteiger partial charge in [-0.2, -0.15) is 4.98 Å². The summed E-state index contributed by atoms with van der Waals surface area (Å²) in [6, 6.07) is 9.38. The van der Waals surface area contributed by atoms with E-state index in [0.29, 0.717) is 29.2 Å². The number of pyridine rings is 2. The lowest BCUT2D eigenvalue weighted by Gasteiger charge is -2.60. The van der Waals surface area contributed by atoms with Crippen molar-refractivity contribution in [1.29, 1.82) is 0 Å². The number of nitrogens with one attached hydrogen (secondary N) is 1. The van der Waals surface area contributed by atoms with Gasteiger partial charge in [-0.05, 0) is 81.5 Å². The highest BCUT2D eigenvalue weighted by atomic mass is 16.5. The van der Waals surface area contributed by atoms with Crippen molar-refractivity contribution in [2.45, 2.75) is 56.4 Å². The number of carbonyl (C=O) groups is 1. The molecule has 0 spiro atoms. The molecule has 2 unspecified atom stereocenters. The van der Waals surface area contributed by atoms with E-state index in [0.717, 1.165) is 43.4 Å².